The van der Waals surface area contributed by atoms with Gasteiger partial charge in [0.2, 0.25) is 0 Å². The minimum atomic E-state index is -0.162. The van der Waals surface area contributed by atoms with Crippen LogP contribution in [0.25, 0.3) is 0 Å². The van der Waals surface area contributed by atoms with Crippen LogP contribution in [0.4, 0.5) is 0 Å². The molecule has 2 heteroatoms. The number of hydrogen-bond donors (Lipinski definition) is 1. The fourth-order valence-corrected chi connectivity index (χ4v) is 9.20. The standard InChI is InChI=1S/C30H48O2/c1-18(2)20(4)30(7)17-26(30)19(3)24-10-11-25-23-9-8-21-16-22(31)12-13-28(21,5)27(23)32-15-14-29(24,25)6/h8,18-20,22,24-26,31H,9-17H2,1-7H3/t19-,20+,22-,24+,25-,26+,28-,29+,30+/m0/s1. The Morgan fingerprint density at radius 2 is 1.75 bits per heavy atom. The largest absolute Gasteiger partial charge is 0.497 e. The maximum absolute atomic E-state index is 10.3. The molecule has 1 heterocycles. The van der Waals surface area contributed by atoms with E-state index in [1.807, 2.05) is 0 Å². The van der Waals surface area contributed by atoms with E-state index in [-0.39, 0.29) is 11.5 Å². The highest BCUT2D eigenvalue weighted by atomic mass is 16.5. The lowest BCUT2D eigenvalue weighted by molar-refractivity contribution is 0.0609. The smallest absolute Gasteiger partial charge is 0.106 e. The van der Waals surface area contributed by atoms with Crippen LogP contribution in [-0.4, -0.2) is 17.8 Å². The topological polar surface area (TPSA) is 29.5 Å². The van der Waals surface area contributed by atoms with Gasteiger partial charge in [0.1, 0.15) is 5.76 Å². The van der Waals surface area contributed by atoms with Crippen LogP contribution in [0.1, 0.15) is 99.8 Å². The highest BCUT2D eigenvalue weighted by molar-refractivity contribution is 5.39. The van der Waals surface area contributed by atoms with Gasteiger partial charge in [-0.3, -0.25) is 0 Å². The molecule has 2 nitrogen and oxygen atoms in total. The number of aliphatic hydroxyl groups excluding tert-OH is 1. The first kappa shape index (κ1) is 23.0. The molecule has 0 aromatic carbocycles. The van der Waals surface area contributed by atoms with Gasteiger partial charge in [-0.2, -0.15) is 0 Å². The van der Waals surface area contributed by atoms with Crippen LogP contribution in [0, 0.1) is 51.8 Å². The highest BCUT2D eigenvalue weighted by Gasteiger charge is 2.61. The van der Waals surface area contributed by atoms with Crippen molar-refractivity contribution in [3.8, 4) is 0 Å². The van der Waals surface area contributed by atoms with E-state index in [2.05, 4.69) is 54.5 Å². The predicted molar refractivity (Wildman–Crippen MR) is 132 cm³/mol. The Morgan fingerprint density at radius 3 is 2.47 bits per heavy atom. The minimum Gasteiger partial charge on any atom is -0.497 e. The molecule has 4 aliphatic carbocycles. The van der Waals surface area contributed by atoms with E-state index >= 15 is 0 Å². The van der Waals surface area contributed by atoms with Crippen LogP contribution in [0.2, 0.25) is 0 Å². The lowest BCUT2D eigenvalue weighted by atomic mass is 9.60. The molecule has 0 bridgehead atoms. The Hall–Kier alpha value is -0.760. The van der Waals surface area contributed by atoms with E-state index in [9.17, 15) is 5.11 Å². The molecule has 1 aliphatic heterocycles. The van der Waals surface area contributed by atoms with E-state index in [0.29, 0.717) is 16.7 Å². The van der Waals surface area contributed by atoms with E-state index < -0.39 is 0 Å². The highest BCUT2D eigenvalue weighted by Crippen LogP contribution is 2.68. The average molecular weight is 441 g/mol. The maximum atomic E-state index is 10.3. The second-order valence-corrected chi connectivity index (χ2v) is 13.6. The summed E-state index contributed by atoms with van der Waals surface area (Å²) in [4.78, 5) is 0. The Morgan fingerprint density at radius 1 is 1.00 bits per heavy atom. The molecule has 3 fully saturated rings. The van der Waals surface area contributed by atoms with Gasteiger partial charge in [0.05, 0.1) is 12.7 Å². The summed E-state index contributed by atoms with van der Waals surface area (Å²) < 4.78 is 6.69. The SMILES string of the molecule is CC(C)[C@@H](C)[C@@]1(C)C[C@@H]1[C@@H](C)[C@H]1CC[C@H]2C3=C(OCC[C@]12C)[C@@]1(C)CC[C@H](O)CC1=CC3. The van der Waals surface area contributed by atoms with Gasteiger partial charge in [0.15, 0.2) is 0 Å². The summed E-state index contributed by atoms with van der Waals surface area (Å²) >= 11 is 0. The van der Waals surface area contributed by atoms with Gasteiger partial charge in [-0.25, -0.2) is 0 Å². The fraction of sp³-hybridized carbons (Fsp3) is 0.867. The molecule has 3 saturated carbocycles. The third kappa shape index (κ3) is 3.21. The van der Waals surface area contributed by atoms with Crippen molar-refractivity contribution in [2.24, 2.45) is 51.8 Å². The molecule has 0 aromatic heterocycles. The van der Waals surface area contributed by atoms with Crippen LogP contribution in [0.15, 0.2) is 23.0 Å². The summed E-state index contributed by atoms with van der Waals surface area (Å²) in [5.41, 5.74) is 4.03. The Balaban J connectivity index is 1.41. The van der Waals surface area contributed by atoms with Gasteiger partial charge in [0, 0.05) is 5.41 Å². The number of rotatable bonds is 4. The van der Waals surface area contributed by atoms with Crippen molar-refractivity contribution in [2.75, 3.05) is 6.61 Å². The van der Waals surface area contributed by atoms with Crippen LogP contribution in [-0.2, 0) is 4.74 Å². The Bertz CT molecular complexity index is 823. The normalized spacial score (nSPS) is 47.6. The van der Waals surface area contributed by atoms with Crippen molar-refractivity contribution in [1.82, 2.24) is 0 Å². The zero-order valence-corrected chi connectivity index (χ0v) is 21.8. The molecular formula is C30H48O2. The molecule has 0 amide bonds. The van der Waals surface area contributed by atoms with Crippen molar-refractivity contribution in [3.63, 3.8) is 0 Å². The van der Waals surface area contributed by atoms with Crippen LogP contribution < -0.4 is 0 Å². The Labute approximate surface area is 197 Å². The number of ether oxygens (including phenoxy) is 1. The Kier molecular flexibility index (Phi) is 5.48. The van der Waals surface area contributed by atoms with Crippen LogP contribution in [0.5, 0.6) is 0 Å². The van der Waals surface area contributed by atoms with Crippen LogP contribution in [0.3, 0.4) is 0 Å². The van der Waals surface area contributed by atoms with E-state index in [1.54, 1.807) is 5.57 Å². The summed E-state index contributed by atoms with van der Waals surface area (Å²) in [5, 5.41) is 10.3. The summed E-state index contributed by atoms with van der Waals surface area (Å²) in [7, 11) is 0. The summed E-state index contributed by atoms with van der Waals surface area (Å²) in [6, 6.07) is 0. The van der Waals surface area contributed by atoms with Gasteiger partial charge in [-0.1, -0.05) is 53.2 Å². The second-order valence-electron chi connectivity index (χ2n) is 13.6. The number of aliphatic hydroxyl groups is 1. The summed E-state index contributed by atoms with van der Waals surface area (Å²) in [6.45, 7) is 18.4. The van der Waals surface area contributed by atoms with Crippen molar-refractivity contribution in [1.29, 1.82) is 0 Å². The van der Waals surface area contributed by atoms with E-state index in [1.165, 1.54) is 37.0 Å². The average Bonchev–Trinajstić information content (AvgIpc) is 3.37. The zero-order valence-electron chi connectivity index (χ0n) is 21.8. The molecule has 0 aromatic rings. The molecular weight excluding hydrogens is 392 g/mol. The third-order valence-electron chi connectivity index (χ3n) is 11.9. The zero-order chi connectivity index (χ0) is 23.1. The van der Waals surface area contributed by atoms with E-state index in [4.69, 9.17) is 4.74 Å². The van der Waals surface area contributed by atoms with Gasteiger partial charge < -0.3 is 9.84 Å². The molecule has 5 aliphatic rings. The van der Waals surface area contributed by atoms with Gasteiger partial charge in [-0.15, -0.1) is 0 Å². The van der Waals surface area contributed by atoms with Gasteiger partial charge in [0.25, 0.3) is 0 Å². The third-order valence-corrected chi connectivity index (χ3v) is 11.9. The van der Waals surface area contributed by atoms with Gasteiger partial charge in [-0.05, 0) is 110 Å². The van der Waals surface area contributed by atoms with Crippen molar-refractivity contribution in [2.45, 2.75) is 106 Å². The lowest BCUT2D eigenvalue weighted by Crippen LogP contribution is -2.37. The molecule has 1 N–H and O–H groups in total. The molecule has 5 rings (SSSR count). The first-order chi connectivity index (χ1) is 15.0. The van der Waals surface area contributed by atoms with Crippen molar-refractivity contribution < 1.29 is 9.84 Å². The number of allylic oxidation sites excluding steroid dienone is 3. The molecule has 9 atom stereocenters. The monoisotopic (exact) mass is 440 g/mol. The molecule has 180 valence electrons. The lowest BCUT2D eigenvalue weighted by Gasteiger charge is -2.44. The second kappa shape index (κ2) is 7.62. The molecule has 0 unspecified atom stereocenters. The molecule has 0 saturated heterocycles. The molecule has 0 spiro atoms. The first-order valence-corrected chi connectivity index (χ1v) is 13.8. The summed E-state index contributed by atoms with van der Waals surface area (Å²) in [5.74, 6) is 6.13. The molecule has 0 radical (unpaired) electrons. The number of hydrogen-bond acceptors (Lipinski definition) is 2. The first-order valence-electron chi connectivity index (χ1n) is 13.8. The predicted octanol–water partition coefficient (Wildman–Crippen LogP) is 7.53. The fourth-order valence-electron chi connectivity index (χ4n) is 9.20. The maximum Gasteiger partial charge on any atom is 0.106 e. The van der Waals surface area contributed by atoms with Crippen molar-refractivity contribution >= 4 is 0 Å². The van der Waals surface area contributed by atoms with Gasteiger partial charge >= 0.3 is 0 Å². The van der Waals surface area contributed by atoms with Crippen molar-refractivity contribution in [3.05, 3.63) is 23.0 Å². The minimum absolute atomic E-state index is 0.0313. The molecule has 32 heavy (non-hydrogen) atoms. The summed E-state index contributed by atoms with van der Waals surface area (Å²) in [6.07, 6.45) is 11.5. The quantitative estimate of drug-likeness (QED) is 0.458. The van der Waals surface area contributed by atoms with Crippen LogP contribution >= 0.6 is 0 Å². The van der Waals surface area contributed by atoms with E-state index in [0.717, 1.165) is 61.9 Å². The number of fused-ring (bicyclic) bond motifs is 4.